The number of rotatable bonds is 9. The van der Waals surface area contributed by atoms with Crippen molar-refractivity contribution < 1.29 is 4.79 Å². The lowest BCUT2D eigenvalue weighted by atomic mass is 9.96. The molecule has 102 valence electrons. The Bertz CT molecular complexity index is 204. The highest BCUT2D eigenvalue weighted by Crippen LogP contribution is 2.15. The zero-order valence-corrected chi connectivity index (χ0v) is 12.0. The van der Waals surface area contributed by atoms with Crippen molar-refractivity contribution in [1.82, 2.24) is 5.32 Å². The summed E-state index contributed by atoms with van der Waals surface area (Å²) in [5.41, 5.74) is 5.55. The first-order valence-electron chi connectivity index (χ1n) is 7.04. The molecule has 0 saturated carbocycles. The van der Waals surface area contributed by atoms with Crippen LogP contribution < -0.4 is 11.1 Å². The summed E-state index contributed by atoms with van der Waals surface area (Å²) in [6.45, 7) is 9.31. The molecular weight excluding hydrogens is 212 g/mol. The molecule has 0 saturated heterocycles. The smallest absolute Gasteiger partial charge is 0.220 e. The third-order valence-electron chi connectivity index (χ3n) is 3.52. The summed E-state index contributed by atoms with van der Waals surface area (Å²) in [5, 5.41) is 3.12. The van der Waals surface area contributed by atoms with Gasteiger partial charge in [0.15, 0.2) is 0 Å². The highest BCUT2D eigenvalue weighted by atomic mass is 16.1. The maximum Gasteiger partial charge on any atom is 0.220 e. The number of carbonyl (C=O) groups excluding carboxylic acids is 1. The standard InChI is InChI=1S/C14H30N2O/c1-5-12(9-10-15)7-8-14(17)16-13(6-2)11(3)4/h11-13H,5-10,15H2,1-4H3,(H,16,17). The lowest BCUT2D eigenvalue weighted by molar-refractivity contribution is -0.122. The molecule has 0 heterocycles. The predicted molar refractivity (Wildman–Crippen MR) is 73.7 cm³/mol. The van der Waals surface area contributed by atoms with Crippen molar-refractivity contribution in [3.63, 3.8) is 0 Å². The van der Waals surface area contributed by atoms with Gasteiger partial charge in [0.05, 0.1) is 0 Å². The van der Waals surface area contributed by atoms with E-state index in [-0.39, 0.29) is 5.91 Å². The molecular formula is C14H30N2O. The molecule has 0 bridgehead atoms. The van der Waals surface area contributed by atoms with E-state index in [1.54, 1.807) is 0 Å². The predicted octanol–water partition coefficient (Wildman–Crippen LogP) is 2.69. The molecule has 0 aromatic rings. The molecule has 0 aromatic carbocycles. The summed E-state index contributed by atoms with van der Waals surface area (Å²) < 4.78 is 0. The fourth-order valence-corrected chi connectivity index (χ4v) is 2.14. The molecule has 2 atom stereocenters. The zero-order valence-electron chi connectivity index (χ0n) is 12.0. The molecule has 0 aliphatic rings. The maximum atomic E-state index is 11.8. The van der Waals surface area contributed by atoms with E-state index in [1.165, 1.54) is 0 Å². The summed E-state index contributed by atoms with van der Waals surface area (Å²) in [7, 11) is 0. The van der Waals surface area contributed by atoms with Gasteiger partial charge in [0.2, 0.25) is 5.91 Å². The molecule has 0 rings (SSSR count). The van der Waals surface area contributed by atoms with Gasteiger partial charge < -0.3 is 11.1 Å². The van der Waals surface area contributed by atoms with Gasteiger partial charge in [-0.15, -0.1) is 0 Å². The van der Waals surface area contributed by atoms with Gasteiger partial charge in [0.1, 0.15) is 0 Å². The Hall–Kier alpha value is -0.570. The number of nitrogens with one attached hydrogen (secondary N) is 1. The van der Waals surface area contributed by atoms with Crippen LogP contribution in [-0.4, -0.2) is 18.5 Å². The molecule has 0 spiro atoms. The van der Waals surface area contributed by atoms with Gasteiger partial charge in [-0.05, 0) is 37.6 Å². The zero-order chi connectivity index (χ0) is 13.3. The molecule has 3 heteroatoms. The Morgan fingerprint density at radius 1 is 1.18 bits per heavy atom. The summed E-state index contributed by atoms with van der Waals surface area (Å²) in [6, 6.07) is 0.317. The molecule has 0 aromatic heterocycles. The van der Waals surface area contributed by atoms with Crippen LogP contribution in [0.25, 0.3) is 0 Å². The van der Waals surface area contributed by atoms with Gasteiger partial charge in [-0.25, -0.2) is 0 Å². The van der Waals surface area contributed by atoms with Crippen molar-refractivity contribution in [2.75, 3.05) is 6.54 Å². The molecule has 0 radical (unpaired) electrons. The molecule has 1 amide bonds. The van der Waals surface area contributed by atoms with E-state index in [1.807, 2.05) is 0 Å². The highest BCUT2D eigenvalue weighted by molar-refractivity contribution is 5.76. The number of amides is 1. The number of carbonyl (C=O) groups is 1. The number of hydrogen-bond donors (Lipinski definition) is 2. The molecule has 3 N–H and O–H groups in total. The fraction of sp³-hybridized carbons (Fsp3) is 0.929. The third kappa shape index (κ3) is 7.37. The van der Waals surface area contributed by atoms with E-state index in [4.69, 9.17) is 5.73 Å². The van der Waals surface area contributed by atoms with E-state index in [0.717, 1.165) is 32.2 Å². The Morgan fingerprint density at radius 2 is 1.82 bits per heavy atom. The molecule has 0 fully saturated rings. The van der Waals surface area contributed by atoms with Crippen LogP contribution in [0.15, 0.2) is 0 Å². The van der Waals surface area contributed by atoms with Crippen molar-refractivity contribution in [2.24, 2.45) is 17.6 Å². The second-order valence-corrected chi connectivity index (χ2v) is 5.22. The lowest BCUT2D eigenvalue weighted by Gasteiger charge is -2.21. The normalized spacial score (nSPS) is 14.7. The topological polar surface area (TPSA) is 55.1 Å². The van der Waals surface area contributed by atoms with Crippen LogP contribution in [0.1, 0.15) is 59.8 Å². The second kappa shape index (κ2) is 9.46. The van der Waals surface area contributed by atoms with Crippen molar-refractivity contribution >= 4 is 5.91 Å². The van der Waals surface area contributed by atoms with Crippen LogP contribution in [0.4, 0.5) is 0 Å². The quantitative estimate of drug-likeness (QED) is 0.653. The van der Waals surface area contributed by atoms with Gasteiger partial charge in [0, 0.05) is 12.5 Å². The summed E-state index contributed by atoms with van der Waals surface area (Å²) >= 11 is 0. The number of nitrogens with two attached hydrogens (primary N) is 1. The Balaban J connectivity index is 3.92. The third-order valence-corrected chi connectivity index (χ3v) is 3.52. The molecule has 3 nitrogen and oxygen atoms in total. The average Bonchev–Trinajstić information content (AvgIpc) is 2.30. The van der Waals surface area contributed by atoms with Gasteiger partial charge >= 0.3 is 0 Å². The van der Waals surface area contributed by atoms with Gasteiger partial charge in [-0.3, -0.25) is 4.79 Å². The first kappa shape index (κ1) is 16.4. The minimum absolute atomic E-state index is 0.195. The van der Waals surface area contributed by atoms with Gasteiger partial charge in [0.25, 0.3) is 0 Å². The van der Waals surface area contributed by atoms with Crippen molar-refractivity contribution in [1.29, 1.82) is 0 Å². The second-order valence-electron chi connectivity index (χ2n) is 5.22. The first-order valence-corrected chi connectivity index (χ1v) is 7.04. The SMILES string of the molecule is CCC(CCN)CCC(=O)NC(CC)C(C)C. The van der Waals surface area contributed by atoms with E-state index in [2.05, 4.69) is 33.0 Å². The molecule has 0 aliphatic carbocycles. The van der Waals surface area contributed by atoms with Gasteiger partial charge in [-0.2, -0.15) is 0 Å². The molecule has 17 heavy (non-hydrogen) atoms. The fourth-order valence-electron chi connectivity index (χ4n) is 2.14. The molecule has 2 unspecified atom stereocenters. The Kier molecular flexibility index (Phi) is 9.14. The van der Waals surface area contributed by atoms with E-state index >= 15 is 0 Å². The largest absolute Gasteiger partial charge is 0.353 e. The first-order chi connectivity index (χ1) is 8.04. The maximum absolute atomic E-state index is 11.8. The van der Waals surface area contributed by atoms with Crippen LogP contribution in [-0.2, 0) is 4.79 Å². The van der Waals surface area contributed by atoms with E-state index in [0.29, 0.717) is 24.3 Å². The van der Waals surface area contributed by atoms with Crippen LogP contribution >= 0.6 is 0 Å². The van der Waals surface area contributed by atoms with Crippen LogP contribution in [0.3, 0.4) is 0 Å². The van der Waals surface area contributed by atoms with Crippen LogP contribution in [0.2, 0.25) is 0 Å². The molecule has 0 aliphatic heterocycles. The van der Waals surface area contributed by atoms with E-state index < -0.39 is 0 Å². The minimum atomic E-state index is 0.195. The van der Waals surface area contributed by atoms with Crippen LogP contribution in [0, 0.1) is 11.8 Å². The Labute approximate surface area is 107 Å². The van der Waals surface area contributed by atoms with E-state index in [9.17, 15) is 4.79 Å². The van der Waals surface area contributed by atoms with Gasteiger partial charge in [-0.1, -0.05) is 34.1 Å². The summed E-state index contributed by atoms with van der Waals surface area (Å²) in [4.78, 5) is 11.8. The highest BCUT2D eigenvalue weighted by Gasteiger charge is 2.15. The summed E-state index contributed by atoms with van der Waals surface area (Å²) in [6.07, 6.45) is 4.76. The number of hydrogen-bond acceptors (Lipinski definition) is 2. The van der Waals surface area contributed by atoms with Crippen molar-refractivity contribution in [2.45, 2.75) is 65.8 Å². The monoisotopic (exact) mass is 242 g/mol. The summed E-state index contributed by atoms with van der Waals surface area (Å²) in [5.74, 6) is 1.31. The van der Waals surface area contributed by atoms with Crippen molar-refractivity contribution in [3.05, 3.63) is 0 Å². The lowest BCUT2D eigenvalue weighted by Crippen LogP contribution is -2.38. The average molecular weight is 242 g/mol. The Morgan fingerprint density at radius 3 is 2.24 bits per heavy atom. The minimum Gasteiger partial charge on any atom is -0.353 e. The van der Waals surface area contributed by atoms with Crippen LogP contribution in [0.5, 0.6) is 0 Å². The van der Waals surface area contributed by atoms with Crippen molar-refractivity contribution in [3.8, 4) is 0 Å².